The maximum absolute atomic E-state index is 13.6. The summed E-state index contributed by atoms with van der Waals surface area (Å²) in [5, 5.41) is 10.2. The molecule has 29 heavy (non-hydrogen) atoms. The molecule has 0 saturated heterocycles. The van der Waals surface area contributed by atoms with Gasteiger partial charge in [0.15, 0.2) is 22.9 Å². The van der Waals surface area contributed by atoms with Crippen molar-refractivity contribution in [2.24, 2.45) is 5.73 Å². The first-order valence-corrected chi connectivity index (χ1v) is 9.13. The summed E-state index contributed by atoms with van der Waals surface area (Å²) in [6, 6.07) is 19.2. The lowest BCUT2D eigenvalue weighted by Gasteiger charge is -2.39. The quantitative estimate of drug-likeness (QED) is 0.693. The van der Waals surface area contributed by atoms with Gasteiger partial charge in [-0.2, -0.15) is 10.2 Å². The molecule has 2 aliphatic heterocycles. The summed E-state index contributed by atoms with van der Waals surface area (Å²) in [6.45, 7) is 1.72. The number of nitriles is 1. The van der Waals surface area contributed by atoms with E-state index < -0.39 is 5.41 Å². The van der Waals surface area contributed by atoms with E-state index in [2.05, 4.69) is 11.1 Å². The van der Waals surface area contributed by atoms with Crippen LogP contribution in [-0.2, 0) is 10.2 Å². The molecule has 1 spiro atoms. The molecule has 1 atom stereocenters. The SMILES string of the molecule is Cc1nc2c(o1)C1(C(=O)N2C)C(C#N)=C(N)N(c2ccccc2)c2ccccc21. The van der Waals surface area contributed by atoms with Crippen molar-refractivity contribution in [3.8, 4) is 6.07 Å². The van der Waals surface area contributed by atoms with E-state index in [0.29, 0.717) is 23.0 Å². The van der Waals surface area contributed by atoms with E-state index in [0.717, 1.165) is 11.4 Å². The topological polar surface area (TPSA) is 99.4 Å². The smallest absolute Gasteiger partial charge is 0.252 e. The van der Waals surface area contributed by atoms with Crippen LogP contribution in [0, 0.1) is 18.3 Å². The minimum Gasteiger partial charge on any atom is -0.442 e. The van der Waals surface area contributed by atoms with Crippen molar-refractivity contribution in [2.45, 2.75) is 12.3 Å². The van der Waals surface area contributed by atoms with Gasteiger partial charge in [-0.15, -0.1) is 0 Å². The number of aryl methyl sites for hydroxylation is 1. The molecule has 2 N–H and O–H groups in total. The van der Waals surface area contributed by atoms with Gasteiger partial charge >= 0.3 is 0 Å². The molecule has 3 aromatic rings. The average molecular weight is 383 g/mol. The van der Waals surface area contributed by atoms with Crippen molar-refractivity contribution in [3.05, 3.63) is 83.2 Å². The van der Waals surface area contributed by atoms with E-state index in [1.165, 1.54) is 4.90 Å². The van der Waals surface area contributed by atoms with Gasteiger partial charge in [-0.25, -0.2) is 0 Å². The molecular weight excluding hydrogens is 366 g/mol. The van der Waals surface area contributed by atoms with Crippen molar-refractivity contribution in [2.75, 3.05) is 16.8 Å². The molecular formula is C22H17N5O2. The molecule has 0 saturated carbocycles. The van der Waals surface area contributed by atoms with E-state index >= 15 is 0 Å². The molecule has 0 fully saturated rings. The highest BCUT2D eigenvalue weighted by Crippen LogP contribution is 2.56. The van der Waals surface area contributed by atoms with Gasteiger partial charge in [-0.3, -0.25) is 14.6 Å². The van der Waals surface area contributed by atoms with E-state index in [-0.39, 0.29) is 17.3 Å². The van der Waals surface area contributed by atoms with Crippen LogP contribution in [0.1, 0.15) is 17.2 Å². The lowest BCUT2D eigenvalue weighted by Crippen LogP contribution is -2.47. The van der Waals surface area contributed by atoms with Gasteiger partial charge in [0.2, 0.25) is 0 Å². The van der Waals surface area contributed by atoms with Gasteiger partial charge in [0.25, 0.3) is 5.91 Å². The predicted octanol–water partition coefficient (Wildman–Crippen LogP) is 3.09. The third kappa shape index (κ3) is 1.95. The Kier molecular flexibility index (Phi) is 3.37. The summed E-state index contributed by atoms with van der Waals surface area (Å²) < 4.78 is 5.91. The molecule has 7 nitrogen and oxygen atoms in total. The Labute approximate surface area is 167 Å². The minimum absolute atomic E-state index is 0.131. The largest absolute Gasteiger partial charge is 0.442 e. The Hall–Kier alpha value is -4.05. The number of aromatic nitrogens is 1. The number of hydrogen-bond acceptors (Lipinski definition) is 6. The number of nitrogens with zero attached hydrogens (tertiary/aromatic N) is 4. The van der Waals surface area contributed by atoms with Crippen LogP contribution in [-0.4, -0.2) is 17.9 Å². The maximum Gasteiger partial charge on any atom is 0.252 e. The number of amides is 1. The van der Waals surface area contributed by atoms with Gasteiger partial charge in [0.1, 0.15) is 11.9 Å². The van der Waals surface area contributed by atoms with Crippen molar-refractivity contribution in [1.29, 1.82) is 5.26 Å². The van der Waals surface area contributed by atoms with Crippen LogP contribution in [0.25, 0.3) is 0 Å². The fourth-order valence-electron chi connectivity index (χ4n) is 4.34. The predicted molar refractivity (Wildman–Crippen MR) is 107 cm³/mol. The second-order valence-electron chi connectivity index (χ2n) is 7.06. The fourth-order valence-corrected chi connectivity index (χ4v) is 4.34. The van der Waals surface area contributed by atoms with Crippen LogP contribution in [0.15, 0.2) is 70.4 Å². The number of benzene rings is 2. The van der Waals surface area contributed by atoms with Gasteiger partial charge in [-0.1, -0.05) is 36.4 Å². The second-order valence-corrected chi connectivity index (χ2v) is 7.06. The van der Waals surface area contributed by atoms with Gasteiger partial charge in [-0.05, 0) is 18.2 Å². The maximum atomic E-state index is 13.6. The first-order valence-electron chi connectivity index (χ1n) is 9.13. The van der Waals surface area contributed by atoms with Crippen LogP contribution in [0.3, 0.4) is 0 Å². The highest BCUT2D eigenvalue weighted by Gasteiger charge is 2.62. The lowest BCUT2D eigenvalue weighted by atomic mass is 9.70. The van der Waals surface area contributed by atoms with E-state index in [9.17, 15) is 10.1 Å². The van der Waals surface area contributed by atoms with Crippen LogP contribution in [0.2, 0.25) is 0 Å². The number of oxazole rings is 1. The van der Waals surface area contributed by atoms with Gasteiger partial charge in [0, 0.05) is 25.2 Å². The molecule has 2 aromatic carbocycles. The first kappa shape index (κ1) is 17.1. The standard InChI is InChI=1S/C22H17N5O2/c1-13-25-20-18(29-13)22(21(28)26(20)2)15-10-6-7-11-17(15)27(19(24)16(22)12-23)14-8-4-3-5-9-14/h3-11H,24H2,1-2H3. The zero-order chi connectivity index (χ0) is 20.3. The number of fused-ring (bicyclic) bond motifs is 4. The number of carbonyl (C=O) groups excluding carboxylic acids is 1. The van der Waals surface area contributed by atoms with Crippen molar-refractivity contribution in [3.63, 3.8) is 0 Å². The van der Waals surface area contributed by atoms with Crippen LogP contribution in [0.4, 0.5) is 17.2 Å². The summed E-state index contributed by atoms with van der Waals surface area (Å²) in [7, 11) is 1.63. The molecule has 1 aromatic heterocycles. The summed E-state index contributed by atoms with van der Waals surface area (Å²) in [5.41, 5.74) is 7.40. The third-order valence-electron chi connectivity index (χ3n) is 5.55. The Morgan fingerprint density at radius 1 is 1.14 bits per heavy atom. The number of rotatable bonds is 1. The van der Waals surface area contributed by atoms with Crippen molar-refractivity contribution >= 4 is 23.1 Å². The van der Waals surface area contributed by atoms with Crippen molar-refractivity contribution < 1.29 is 9.21 Å². The van der Waals surface area contributed by atoms with Crippen LogP contribution >= 0.6 is 0 Å². The molecule has 2 aliphatic rings. The lowest BCUT2D eigenvalue weighted by molar-refractivity contribution is -0.120. The Morgan fingerprint density at radius 2 is 1.83 bits per heavy atom. The number of anilines is 3. The van der Waals surface area contributed by atoms with Crippen molar-refractivity contribution in [1.82, 2.24) is 4.98 Å². The highest BCUT2D eigenvalue weighted by molar-refractivity contribution is 6.13. The molecule has 3 heterocycles. The van der Waals surface area contributed by atoms with Gasteiger partial charge < -0.3 is 10.2 Å². The fraction of sp³-hybridized carbons (Fsp3) is 0.136. The highest BCUT2D eigenvalue weighted by atomic mass is 16.4. The molecule has 0 bridgehead atoms. The van der Waals surface area contributed by atoms with Crippen LogP contribution < -0.4 is 15.5 Å². The van der Waals surface area contributed by atoms with Gasteiger partial charge in [0.05, 0.1) is 11.3 Å². The molecule has 142 valence electrons. The third-order valence-corrected chi connectivity index (χ3v) is 5.55. The molecule has 0 radical (unpaired) electrons. The number of hydrogen-bond donors (Lipinski definition) is 1. The zero-order valence-corrected chi connectivity index (χ0v) is 15.9. The number of para-hydroxylation sites is 2. The Morgan fingerprint density at radius 3 is 2.55 bits per heavy atom. The molecule has 0 aliphatic carbocycles. The summed E-state index contributed by atoms with van der Waals surface area (Å²) in [5.74, 6) is 1.06. The Balaban J connectivity index is 1.91. The Bertz CT molecular complexity index is 1240. The monoisotopic (exact) mass is 383 g/mol. The second kappa shape index (κ2) is 5.72. The molecule has 1 unspecified atom stereocenters. The van der Waals surface area contributed by atoms with E-state index in [1.54, 1.807) is 18.9 Å². The zero-order valence-electron chi connectivity index (χ0n) is 15.9. The van der Waals surface area contributed by atoms with E-state index in [1.807, 2.05) is 54.6 Å². The number of carbonyl (C=O) groups is 1. The van der Waals surface area contributed by atoms with E-state index in [4.69, 9.17) is 10.2 Å². The number of likely N-dealkylation sites (N-methyl/N-ethyl adjacent to an activating group) is 1. The molecule has 1 amide bonds. The normalized spacial score (nSPS) is 20.1. The van der Waals surface area contributed by atoms with Crippen LogP contribution in [0.5, 0.6) is 0 Å². The summed E-state index contributed by atoms with van der Waals surface area (Å²) in [6.07, 6.45) is 0. The molecule has 7 heteroatoms. The molecule has 5 rings (SSSR count). The number of nitrogens with two attached hydrogens (primary N) is 1. The minimum atomic E-state index is -1.45. The first-order chi connectivity index (χ1) is 14.0. The summed E-state index contributed by atoms with van der Waals surface area (Å²) in [4.78, 5) is 21.2. The summed E-state index contributed by atoms with van der Waals surface area (Å²) >= 11 is 0. The average Bonchev–Trinajstić information content (AvgIpc) is 3.21.